The van der Waals surface area contributed by atoms with Crippen LogP contribution in [0.1, 0.15) is 36.8 Å². The third-order valence-corrected chi connectivity index (χ3v) is 4.64. The average Bonchev–Trinajstić information content (AvgIpc) is 3.06. The van der Waals surface area contributed by atoms with Gasteiger partial charge in [0.2, 0.25) is 0 Å². The summed E-state index contributed by atoms with van der Waals surface area (Å²) in [6.07, 6.45) is 5.50. The minimum atomic E-state index is 0.781. The van der Waals surface area contributed by atoms with Crippen molar-refractivity contribution in [1.82, 2.24) is 15.5 Å². The first-order chi connectivity index (χ1) is 10.7. The van der Waals surface area contributed by atoms with Gasteiger partial charge < -0.3 is 15.5 Å². The van der Waals surface area contributed by atoms with E-state index in [4.69, 9.17) is 0 Å². The molecular formula is C18H30N4. The lowest BCUT2D eigenvalue weighted by molar-refractivity contribution is 0.249. The SMILES string of the molecule is CN=C(NCCN(C)C1CCCC1)NCc1ccccc1C. The number of aryl methyl sites for hydroxylation is 1. The number of rotatable bonds is 6. The van der Waals surface area contributed by atoms with Crippen LogP contribution in [0.4, 0.5) is 0 Å². The van der Waals surface area contributed by atoms with Crippen molar-refractivity contribution in [2.24, 2.45) is 4.99 Å². The van der Waals surface area contributed by atoms with Crippen LogP contribution < -0.4 is 10.6 Å². The fraction of sp³-hybridized carbons (Fsp3) is 0.611. The van der Waals surface area contributed by atoms with E-state index in [2.05, 4.69) is 58.8 Å². The number of benzene rings is 1. The van der Waals surface area contributed by atoms with E-state index in [0.717, 1.165) is 31.6 Å². The number of guanidine groups is 1. The zero-order valence-electron chi connectivity index (χ0n) is 14.2. The molecule has 0 aromatic heterocycles. The van der Waals surface area contributed by atoms with Gasteiger partial charge in [0.05, 0.1) is 0 Å². The topological polar surface area (TPSA) is 39.7 Å². The predicted molar refractivity (Wildman–Crippen MR) is 94.3 cm³/mol. The van der Waals surface area contributed by atoms with Crippen LogP contribution in [0.3, 0.4) is 0 Å². The number of nitrogens with zero attached hydrogens (tertiary/aromatic N) is 2. The molecule has 0 atom stereocenters. The summed E-state index contributed by atoms with van der Waals surface area (Å²) < 4.78 is 0. The van der Waals surface area contributed by atoms with E-state index < -0.39 is 0 Å². The van der Waals surface area contributed by atoms with E-state index in [0.29, 0.717) is 0 Å². The van der Waals surface area contributed by atoms with Gasteiger partial charge in [-0.05, 0) is 37.9 Å². The Bertz CT molecular complexity index is 478. The molecule has 1 aromatic rings. The van der Waals surface area contributed by atoms with Gasteiger partial charge in [0.25, 0.3) is 0 Å². The molecule has 1 fully saturated rings. The normalized spacial score (nSPS) is 16.3. The zero-order valence-corrected chi connectivity index (χ0v) is 14.2. The van der Waals surface area contributed by atoms with Crippen molar-refractivity contribution >= 4 is 5.96 Å². The van der Waals surface area contributed by atoms with Gasteiger partial charge in [0, 0.05) is 32.7 Å². The summed E-state index contributed by atoms with van der Waals surface area (Å²) in [6, 6.07) is 9.23. The molecule has 0 bridgehead atoms. The molecule has 0 heterocycles. The van der Waals surface area contributed by atoms with Crippen molar-refractivity contribution < 1.29 is 0 Å². The molecule has 0 amide bonds. The van der Waals surface area contributed by atoms with Crippen molar-refractivity contribution in [2.75, 3.05) is 27.2 Å². The second-order valence-electron chi connectivity index (χ2n) is 6.20. The van der Waals surface area contributed by atoms with Gasteiger partial charge in [-0.25, -0.2) is 0 Å². The molecule has 0 saturated heterocycles. The summed E-state index contributed by atoms with van der Waals surface area (Å²) in [5, 5.41) is 6.80. The van der Waals surface area contributed by atoms with Crippen molar-refractivity contribution in [3.05, 3.63) is 35.4 Å². The first-order valence-electron chi connectivity index (χ1n) is 8.40. The maximum absolute atomic E-state index is 4.30. The smallest absolute Gasteiger partial charge is 0.191 e. The third kappa shape index (κ3) is 5.02. The highest BCUT2D eigenvalue weighted by Crippen LogP contribution is 2.21. The van der Waals surface area contributed by atoms with Crippen molar-refractivity contribution in [3.63, 3.8) is 0 Å². The fourth-order valence-electron chi connectivity index (χ4n) is 3.09. The van der Waals surface area contributed by atoms with E-state index in [9.17, 15) is 0 Å². The molecule has 4 nitrogen and oxygen atoms in total. The van der Waals surface area contributed by atoms with Crippen molar-refractivity contribution in [3.8, 4) is 0 Å². The van der Waals surface area contributed by atoms with E-state index in [1.54, 1.807) is 0 Å². The largest absolute Gasteiger partial charge is 0.355 e. The number of hydrogen-bond acceptors (Lipinski definition) is 2. The number of likely N-dealkylation sites (N-methyl/N-ethyl adjacent to an activating group) is 1. The van der Waals surface area contributed by atoms with Gasteiger partial charge in [0.1, 0.15) is 0 Å². The highest BCUT2D eigenvalue weighted by Gasteiger charge is 2.18. The van der Waals surface area contributed by atoms with Gasteiger partial charge in [-0.1, -0.05) is 37.1 Å². The molecule has 2 N–H and O–H groups in total. The second-order valence-corrected chi connectivity index (χ2v) is 6.20. The Labute approximate surface area is 135 Å². The Morgan fingerprint density at radius 1 is 1.23 bits per heavy atom. The fourth-order valence-corrected chi connectivity index (χ4v) is 3.09. The minimum Gasteiger partial charge on any atom is -0.355 e. The summed E-state index contributed by atoms with van der Waals surface area (Å²) >= 11 is 0. The van der Waals surface area contributed by atoms with Crippen LogP contribution in [0.5, 0.6) is 0 Å². The van der Waals surface area contributed by atoms with Gasteiger partial charge in [-0.2, -0.15) is 0 Å². The summed E-state index contributed by atoms with van der Waals surface area (Å²) in [6.45, 7) is 4.95. The van der Waals surface area contributed by atoms with E-state index in [1.807, 2.05) is 7.05 Å². The van der Waals surface area contributed by atoms with Crippen LogP contribution in [0, 0.1) is 6.92 Å². The quantitative estimate of drug-likeness (QED) is 0.626. The van der Waals surface area contributed by atoms with Crippen LogP contribution in [-0.2, 0) is 6.54 Å². The van der Waals surface area contributed by atoms with Crippen molar-refractivity contribution in [2.45, 2.75) is 45.2 Å². The van der Waals surface area contributed by atoms with Crippen LogP contribution in [-0.4, -0.2) is 44.1 Å². The Kier molecular flexibility index (Phi) is 6.72. The number of nitrogens with one attached hydrogen (secondary N) is 2. The Balaban J connectivity index is 1.70. The monoisotopic (exact) mass is 302 g/mol. The van der Waals surface area contributed by atoms with Crippen LogP contribution >= 0.6 is 0 Å². The maximum atomic E-state index is 4.30. The Morgan fingerprint density at radius 2 is 1.95 bits per heavy atom. The third-order valence-electron chi connectivity index (χ3n) is 4.64. The molecule has 1 aliphatic carbocycles. The van der Waals surface area contributed by atoms with Crippen LogP contribution in [0.2, 0.25) is 0 Å². The first-order valence-corrected chi connectivity index (χ1v) is 8.40. The molecule has 4 heteroatoms. The predicted octanol–water partition coefficient (Wildman–Crippen LogP) is 2.53. The molecule has 1 saturated carbocycles. The van der Waals surface area contributed by atoms with Gasteiger partial charge in [-0.3, -0.25) is 4.99 Å². The minimum absolute atomic E-state index is 0.781. The number of aliphatic imine (C=N–C) groups is 1. The highest BCUT2D eigenvalue weighted by molar-refractivity contribution is 5.79. The molecule has 122 valence electrons. The molecule has 2 rings (SSSR count). The summed E-state index contributed by atoms with van der Waals surface area (Å²) in [4.78, 5) is 6.78. The molecule has 0 spiro atoms. The summed E-state index contributed by atoms with van der Waals surface area (Å²) in [7, 11) is 4.06. The zero-order chi connectivity index (χ0) is 15.8. The molecule has 1 aromatic carbocycles. The number of hydrogen-bond donors (Lipinski definition) is 2. The summed E-state index contributed by atoms with van der Waals surface area (Å²) in [5.74, 6) is 0.878. The Morgan fingerprint density at radius 3 is 2.64 bits per heavy atom. The standard InChI is InChI=1S/C18H30N4/c1-15-8-4-5-9-16(15)14-21-18(19-2)20-12-13-22(3)17-10-6-7-11-17/h4-5,8-9,17H,6-7,10-14H2,1-3H3,(H2,19,20,21). The lowest BCUT2D eigenvalue weighted by atomic mass is 10.1. The molecule has 22 heavy (non-hydrogen) atoms. The van der Waals surface area contributed by atoms with Crippen LogP contribution in [0.25, 0.3) is 0 Å². The average molecular weight is 302 g/mol. The van der Waals surface area contributed by atoms with Crippen LogP contribution in [0.15, 0.2) is 29.3 Å². The van der Waals surface area contributed by atoms with E-state index >= 15 is 0 Å². The lowest BCUT2D eigenvalue weighted by Crippen LogP contribution is -2.42. The molecule has 1 aliphatic rings. The highest BCUT2D eigenvalue weighted by atomic mass is 15.2. The van der Waals surface area contributed by atoms with Gasteiger partial charge >= 0.3 is 0 Å². The van der Waals surface area contributed by atoms with E-state index in [1.165, 1.54) is 36.8 Å². The molecule has 0 unspecified atom stereocenters. The van der Waals surface area contributed by atoms with E-state index in [-0.39, 0.29) is 0 Å². The second kappa shape index (κ2) is 8.79. The Hall–Kier alpha value is -1.55. The maximum Gasteiger partial charge on any atom is 0.191 e. The van der Waals surface area contributed by atoms with Gasteiger partial charge in [-0.15, -0.1) is 0 Å². The first kappa shape index (κ1) is 16.8. The van der Waals surface area contributed by atoms with Gasteiger partial charge in [0.15, 0.2) is 5.96 Å². The lowest BCUT2D eigenvalue weighted by Gasteiger charge is -2.24. The summed E-state index contributed by atoms with van der Waals surface area (Å²) in [5.41, 5.74) is 2.62. The van der Waals surface area contributed by atoms with Crippen molar-refractivity contribution in [1.29, 1.82) is 0 Å². The molecule has 0 radical (unpaired) electrons. The molecule has 0 aliphatic heterocycles. The molecular weight excluding hydrogens is 272 g/mol.